The minimum Gasteiger partial charge on any atom is -0.493 e. The quantitative estimate of drug-likeness (QED) is 0.833. The molecule has 1 aliphatic rings. The van der Waals surface area contributed by atoms with Crippen LogP contribution in [0.5, 0.6) is 17.2 Å². The predicted octanol–water partition coefficient (Wildman–Crippen LogP) is 1.73. The van der Waals surface area contributed by atoms with E-state index in [4.69, 9.17) is 18.9 Å². The summed E-state index contributed by atoms with van der Waals surface area (Å²) in [6, 6.07) is 4.56. The maximum atomic E-state index is 5.62. The molecule has 0 spiro atoms. The summed E-state index contributed by atoms with van der Waals surface area (Å²) < 4.78 is 21.8. The molecular weight excluding hydrogens is 282 g/mol. The molecule has 0 bridgehead atoms. The standard InChI is InChI=1S/C17H27NO4/c1-19-14-8-6-5-7-13(14)18-11-12-9-15(20-2)17(22-4)16(10-12)21-3/h9-10,13-14,18H,5-8,11H2,1-4H3/p+1/t13-,14-/m1/s1. The second-order valence-corrected chi connectivity index (χ2v) is 5.70. The zero-order chi connectivity index (χ0) is 15.9. The van der Waals surface area contributed by atoms with Gasteiger partial charge < -0.3 is 24.3 Å². The van der Waals surface area contributed by atoms with Crippen molar-refractivity contribution in [2.75, 3.05) is 28.4 Å². The fraction of sp³-hybridized carbons (Fsp3) is 0.647. The van der Waals surface area contributed by atoms with Crippen LogP contribution in [0.2, 0.25) is 0 Å². The zero-order valence-corrected chi connectivity index (χ0v) is 14.1. The molecule has 124 valence electrons. The third-order valence-electron chi connectivity index (χ3n) is 4.44. The van der Waals surface area contributed by atoms with Crippen molar-refractivity contribution in [2.45, 2.75) is 44.4 Å². The lowest BCUT2D eigenvalue weighted by molar-refractivity contribution is -0.713. The smallest absolute Gasteiger partial charge is 0.203 e. The maximum Gasteiger partial charge on any atom is 0.203 e. The number of quaternary nitrogens is 1. The normalized spacial score (nSPS) is 21.5. The van der Waals surface area contributed by atoms with Gasteiger partial charge in [-0.05, 0) is 25.0 Å². The molecule has 1 aromatic rings. The monoisotopic (exact) mass is 310 g/mol. The Hall–Kier alpha value is -1.46. The molecule has 0 saturated heterocycles. The second kappa shape index (κ2) is 8.25. The molecule has 0 heterocycles. The van der Waals surface area contributed by atoms with Crippen molar-refractivity contribution in [3.05, 3.63) is 17.7 Å². The van der Waals surface area contributed by atoms with E-state index >= 15 is 0 Å². The largest absolute Gasteiger partial charge is 0.493 e. The van der Waals surface area contributed by atoms with Crippen LogP contribution < -0.4 is 19.5 Å². The summed E-state index contributed by atoms with van der Waals surface area (Å²) in [7, 11) is 6.73. The highest BCUT2D eigenvalue weighted by Gasteiger charge is 2.27. The summed E-state index contributed by atoms with van der Waals surface area (Å²) in [5.41, 5.74) is 1.16. The number of hydrogen-bond donors (Lipinski definition) is 1. The number of methoxy groups -OCH3 is 4. The minimum atomic E-state index is 0.357. The van der Waals surface area contributed by atoms with E-state index in [0.29, 0.717) is 29.4 Å². The van der Waals surface area contributed by atoms with Gasteiger partial charge in [0.25, 0.3) is 0 Å². The average Bonchev–Trinajstić information content (AvgIpc) is 2.58. The van der Waals surface area contributed by atoms with E-state index < -0.39 is 0 Å². The summed E-state index contributed by atoms with van der Waals surface area (Å²) in [6.07, 6.45) is 5.29. The minimum absolute atomic E-state index is 0.357. The first-order valence-corrected chi connectivity index (χ1v) is 7.88. The zero-order valence-electron chi connectivity index (χ0n) is 14.1. The Bertz CT molecular complexity index is 453. The molecule has 0 radical (unpaired) electrons. The predicted molar refractivity (Wildman–Crippen MR) is 84.8 cm³/mol. The first-order chi connectivity index (χ1) is 10.7. The molecule has 1 aliphatic carbocycles. The van der Waals surface area contributed by atoms with Gasteiger partial charge in [-0.2, -0.15) is 0 Å². The molecule has 0 aliphatic heterocycles. The average molecular weight is 310 g/mol. The van der Waals surface area contributed by atoms with Gasteiger partial charge in [-0.15, -0.1) is 0 Å². The molecule has 5 nitrogen and oxygen atoms in total. The third kappa shape index (κ3) is 3.84. The Labute approximate surface area is 132 Å². The Morgan fingerprint density at radius 1 is 0.955 bits per heavy atom. The molecule has 2 atom stereocenters. The number of ether oxygens (including phenoxy) is 4. The van der Waals surface area contributed by atoms with Crippen molar-refractivity contribution >= 4 is 0 Å². The molecule has 1 fully saturated rings. The molecule has 2 rings (SSSR count). The van der Waals surface area contributed by atoms with Crippen LogP contribution in [0.25, 0.3) is 0 Å². The highest BCUT2D eigenvalue weighted by molar-refractivity contribution is 5.53. The van der Waals surface area contributed by atoms with E-state index in [2.05, 4.69) is 5.32 Å². The molecule has 0 amide bonds. The van der Waals surface area contributed by atoms with Crippen LogP contribution >= 0.6 is 0 Å². The maximum absolute atomic E-state index is 5.62. The molecular formula is C17H28NO4+. The van der Waals surface area contributed by atoms with Crippen molar-refractivity contribution in [3.63, 3.8) is 0 Å². The third-order valence-corrected chi connectivity index (χ3v) is 4.44. The topological polar surface area (TPSA) is 53.5 Å². The first-order valence-electron chi connectivity index (χ1n) is 7.88. The summed E-state index contributed by atoms with van der Waals surface area (Å²) in [5, 5.41) is 2.37. The van der Waals surface area contributed by atoms with Crippen LogP contribution in [0.1, 0.15) is 31.2 Å². The van der Waals surface area contributed by atoms with Crippen LogP contribution in [0.15, 0.2) is 12.1 Å². The van der Waals surface area contributed by atoms with E-state index in [1.54, 1.807) is 21.3 Å². The van der Waals surface area contributed by atoms with Gasteiger partial charge in [-0.25, -0.2) is 0 Å². The number of nitrogens with two attached hydrogens (primary N) is 1. The van der Waals surface area contributed by atoms with E-state index in [9.17, 15) is 0 Å². The van der Waals surface area contributed by atoms with Gasteiger partial charge in [0.2, 0.25) is 5.75 Å². The van der Waals surface area contributed by atoms with E-state index in [0.717, 1.165) is 18.5 Å². The van der Waals surface area contributed by atoms with Crippen molar-refractivity contribution in [2.24, 2.45) is 0 Å². The van der Waals surface area contributed by atoms with Crippen LogP contribution in [-0.4, -0.2) is 40.6 Å². The number of rotatable bonds is 7. The molecule has 0 aromatic heterocycles. The molecule has 0 unspecified atom stereocenters. The van der Waals surface area contributed by atoms with E-state index in [1.165, 1.54) is 19.3 Å². The van der Waals surface area contributed by atoms with Gasteiger partial charge in [0, 0.05) is 19.1 Å². The fourth-order valence-electron chi connectivity index (χ4n) is 3.23. The van der Waals surface area contributed by atoms with Gasteiger partial charge in [0.1, 0.15) is 18.7 Å². The highest BCUT2D eigenvalue weighted by atomic mass is 16.5. The van der Waals surface area contributed by atoms with Gasteiger partial charge in [-0.1, -0.05) is 6.42 Å². The van der Waals surface area contributed by atoms with Gasteiger partial charge in [0.05, 0.1) is 21.3 Å². The highest BCUT2D eigenvalue weighted by Crippen LogP contribution is 2.38. The van der Waals surface area contributed by atoms with Crippen LogP contribution in [-0.2, 0) is 11.3 Å². The molecule has 5 heteroatoms. The summed E-state index contributed by atoms with van der Waals surface area (Å²) in [6.45, 7) is 0.876. The molecule has 22 heavy (non-hydrogen) atoms. The number of hydrogen-bond acceptors (Lipinski definition) is 4. The van der Waals surface area contributed by atoms with Crippen molar-refractivity contribution in [3.8, 4) is 17.2 Å². The lowest BCUT2D eigenvalue weighted by atomic mass is 9.92. The van der Waals surface area contributed by atoms with Crippen molar-refractivity contribution in [1.82, 2.24) is 0 Å². The van der Waals surface area contributed by atoms with E-state index in [1.807, 2.05) is 19.2 Å². The van der Waals surface area contributed by atoms with Crippen LogP contribution in [0.3, 0.4) is 0 Å². The lowest BCUT2D eigenvalue weighted by Gasteiger charge is -2.28. The molecule has 1 saturated carbocycles. The Balaban J connectivity index is 2.09. The van der Waals surface area contributed by atoms with Crippen molar-refractivity contribution < 1.29 is 24.3 Å². The first kappa shape index (κ1) is 16.9. The van der Waals surface area contributed by atoms with Crippen molar-refractivity contribution in [1.29, 1.82) is 0 Å². The number of benzene rings is 1. The van der Waals surface area contributed by atoms with Gasteiger partial charge in [-0.3, -0.25) is 0 Å². The Morgan fingerprint density at radius 3 is 2.14 bits per heavy atom. The second-order valence-electron chi connectivity index (χ2n) is 5.70. The SMILES string of the molecule is COc1cc(C[NH2+][C@@H]2CCCC[C@H]2OC)cc(OC)c1OC. The van der Waals surface area contributed by atoms with Crippen LogP contribution in [0.4, 0.5) is 0 Å². The van der Waals surface area contributed by atoms with Crippen LogP contribution in [0, 0.1) is 0 Å². The Kier molecular flexibility index (Phi) is 6.34. The van der Waals surface area contributed by atoms with Gasteiger partial charge >= 0.3 is 0 Å². The summed E-state index contributed by atoms with van der Waals surface area (Å²) >= 11 is 0. The fourth-order valence-corrected chi connectivity index (χ4v) is 3.23. The Morgan fingerprint density at radius 2 is 1.59 bits per heavy atom. The van der Waals surface area contributed by atoms with E-state index in [-0.39, 0.29) is 0 Å². The summed E-state index contributed by atoms with van der Waals surface area (Å²) in [5.74, 6) is 2.05. The molecule has 2 N–H and O–H groups in total. The lowest BCUT2D eigenvalue weighted by Crippen LogP contribution is -2.91. The summed E-state index contributed by atoms with van der Waals surface area (Å²) in [4.78, 5) is 0. The van der Waals surface area contributed by atoms with Gasteiger partial charge in [0.15, 0.2) is 11.5 Å². The molecule has 1 aromatic carbocycles.